The lowest BCUT2D eigenvalue weighted by Crippen LogP contribution is -2.54. The first-order chi connectivity index (χ1) is 15.0. The van der Waals surface area contributed by atoms with Crippen LogP contribution in [-0.4, -0.2) is 46.1 Å². The van der Waals surface area contributed by atoms with Crippen LogP contribution in [0.5, 0.6) is 5.19 Å². The Morgan fingerprint density at radius 2 is 2.13 bits per heavy atom. The molecule has 2 N–H and O–H groups in total. The number of hydrogen-bond donors (Lipinski definition) is 2. The molecule has 0 unspecified atom stereocenters. The maximum Gasteiger partial charge on any atom is 0.296 e. The van der Waals surface area contributed by atoms with E-state index in [9.17, 15) is 9.59 Å². The van der Waals surface area contributed by atoms with Gasteiger partial charge in [-0.1, -0.05) is 28.8 Å². The molecule has 31 heavy (non-hydrogen) atoms. The number of halogens is 1. The van der Waals surface area contributed by atoms with Gasteiger partial charge in [0.1, 0.15) is 18.5 Å². The molecule has 1 saturated heterocycles. The number of anilines is 2. The first-order valence-electron chi connectivity index (χ1n) is 9.53. The normalized spacial score (nSPS) is 16.0. The molecule has 1 aliphatic rings. The topological polar surface area (TPSA) is 109 Å². The van der Waals surface area contributed by atoms with Gasteiger partial charge in [-0.3, -0.25) is 14.9 Å². The minimum absolute atomic E-state index is 0.102. The zero-order chi connectivity index (χ0) is 21.8. The molecule has 1 atom stereocenters. The lowest BCUT2D eigenvalue weighted by atomic mass is 10.1. The van der Waals surface area contributed by atoms with Crippen LogP contribution in [0.3, 0.4) is 0 Å². The van der Waals surface area contributed by atoms with Crippen molar-refractivity contribution in [3.05, 3.63) is 58.7 Å². The highest BCUT2D eigenvalue weighted by molar-refractivity contribution is 7.17. The summed E-state index contributed by atoms with van der Waals surface area (Å²) in [5.41, 5.74) is 1.28. The number of carbonyl (C=O) groups is 2. The Balaban J connectivity index is 1.43. The fourth-order valence-corrected chi connectivity index (χ4v) is 3.80. The number of carbonyl (C=O) groups excluding carboxylic acids is 2. The summed E-state index contributed by atoms with van der Waals surface area (Å²) in [6.07, 6.45) is 1.60. The highest BCUT2D eigenvalue weighted by atomic mass is 35.5. The van der Waals surface area contributed by atoms with E-state index in [4.69, 9.17) is 16.3 Å². The van der Waals surface area contributed by atoms with E-state index < -0.39 is 6.04 Å². The van der Waals surface area contributed by atoms with Crippen molar-refractivity contribution in [2.24, 2.45) is 0 Å². The van der Waals surface area contributed by atoms with Crippen LogP contribution in [0.4, 0.5) is 10.9 Å². The third-order valence-corrected chi connectivity index (χ3v) is 5.71. The van der Waals surface area contributed by atoms with Crippen LogP contribution in [0.1, 0.15) is 22.8 Å². The van der Waals surface area contributed by atoms with Gasteiger partial charge < -0.3 is 15.0 Å². The maximum atomic E-state index is 12.9. The second-order valence-electron chi connectivity index (χ2n) is 6.78. The monoisotopic (exact) mass is 458 g/mol. The summed E-state index contributed by atoms with van der Waals surface area (Å²) in [7, 11) is 0. The SMILES string of the molecule is C[C@H]1C(=O)NCCN1c1ncccc1C(=O)Nc1nnc(OCc2ccc(Cl)cc2)s1. The van der Waals surface area contributed by atoms with Crippen molar-refractivity contribution in [3.63, 3.8) is 0 Å². The molecule has 2 amide bonds. The van der Waals surface area contributed by atoms with Gasteiger partial charge in [0, 0.05) is 24.3 Å². The Morgan fingerprint density at radius 3 is 2.94 bits per heavy atom. The standard InChI is InChI=1S/C20H19ClN6O3S/c1-12-17(28)23-9-10-27(12)16-15(3-2-8-22-16)18(29)24-19-25-26-20(31-19)30-11-13-4-6-14(21)7-5-13/h2-8,12H,9-11H2,1H3,(H,23,28)(H,24,25,29)/t12-/m0/s1. The van der Waals surface area contributed by atoms with Gasteiger partial charge in [-0.05, 0) is 48.1 Å². The van der Waals surface area contributed by atoms with Crippen LogP contribution in [0.2, 0.25) is 5.02 Å². The summed E-state index contributed by atoms with van der Waals surface area (Å²) in [6.45, 7) is 3.14. The number of piperazine rings is 1. The van der Waals surface area contributed by atoms with E-state index in [1.54, 1.807) is 37.4 Å². The summed E-state index contributed by atoms with van der Waals surface area (Å²) < 4.78 is 5.63. The third kappa shape index (κ3) is 4.92. The summed E-state index contributed by atoms with van der Waals surface area (Å²) in [5.74, 6) is -0.0392. The molecule has 9 nitrogen and oxygen atoms in total. The predicted octanol–water partition coefficient (Wildman–Crippen LogP) is 2.74. The second kappa shape index (κ2) is 9.27. The van der Waals surface area contributed by atoms with Crippen molar-refractivity contribution in [1.29, 1.82) is 0 Å². The van der Waals surface area contributed by atoms with Gasteiger partial charge in [-0.15, -0.1) is 5.10 Å². The van der Waals surface area contributed by atoms with Crippen molar-refractivity contribution in [1.82, 2.24) is 20.5 Å². The number of aromatic nitrogens is 3. The van der Waals surface area contributed by atoms with Crippen molar-refractivity contribution in [3.8, 4) is 5.19 Å². The quantitative estimate of drug-likeness (QED) is 0.584. The molecule has 0 spiro atoms. The average molecular weight is 459 g/mol. The molecular weight excluding hydrogens is 440 g/mol. The van der Waals surface area contributed by atoms with Crippen LogP contribution in [-0.2, 0) is 11.4 Å². The van der Waals surface area contributed by atoms with Crippen LogP contribution in [0.25, 0.3) is 0 Å². The molecule has 1 aromatic carbocycles. The summed E-state index contributed by atoms with van der Waals surface area (Å²) >= 11 is 7.00. The van der Waals surface area contributed by atoms with Gasteiger partial charge in [0.15, 0.2) is 0 Å². The highest BCUT2D eigenvalue weighted by Gasteiger charge is 2.29. The number of nitrogens with one attached hydrogen (secondary N) is 2. The number of ether oxygens (including phenoxy) is 1. The molecule has 1 fully saturated rings. The Hall–Kier alpha value is -3.24. The molecule has 0 aliphatic carbocycles. The Morgan fingerprint density at radius 1 is 1.32 bits per heavy atom. The molecule has 3 aromatic rings. The van der Waals surface area contributed by atoms with Crippen molar-refractivity contribution >= 4 is 45.7 Å². The lowest BCUT2D eigenvalue weighted by molar-refractivity contribution is -0.122. The molecule has 4 rings (SSSR count). The molecule has 11 heteroatoms. The first-order valence-corrected chi connectivity index (χ1v) is 10.7. The van der Waals surface area contributed by atoms with Gasteiger partial charge in [-0.2, -0.15) is 0 Å². The van der Waals surface area contributed by atoms with Gasteiger partial charge >= 0.3 is 0 Å². The van der Waals surface area contributed by atoms with E-state index in [0.29, 0.717) is 46.4 Å². The molecule has 3 heterocycles. The Kier molecular flexibility index (Phi) is 6.28. The molecular formula is C20H19ClN6O3S. The number of pyridine rings is 1. The van der Waals surface area contributed by atoms with E-state index in [0.717, 1.165) is 16.9 Å². The predicted molar refractivity (Wildman–Crippen MR) is 118 cm³/mol. The number of rotatable bonds is 6. The van der Waals surface area contributed by atoms with Gasteiger partial charge in [0.25, 0.3) is 11.1 Å². The van der Waals surface area contributed by atoms with E-state index in [2.05, 4.69) is 25.8 Å². The van der Waals surface area contributed by atoms with Crippen molar-refractivity contribution < 1.29 is 14.3 Å². The van der Waals surface area contributed by atoms with Crippen molar-refractivity contribution in [2.45, 2.75) is 19.6 Å². The molecule has 160 valence electrons. The number of nitrogens with zero attached hydrogens (tertiary/aromatic N) is 4. The van der Waals surface area contributed by atoms with E-state index in [1.807, 2.05) is 17.0 Å². The molecule has 1 aliphatic heterocycles. The van der Waals surface area contributed by atoms with Crippen molar-refractivity contribution in [2.75, 3.05) is 23.3 Å². The fraction of sp³-hybridized carbons (Fsp3) is 0.250. The van der Waals surface area contributed by atoms with Gasteiger partial charge in [0.2, 0.25) is 11.0 Å². The Bertz CT molecular complexity index is 1090. The van der Waals surface area contributed by atoms with Crippen LogP contribution < -0.4 is 20.3 Å². The highest BCUT2D eigenvalue weighted by Crippen LogP contribution is 2.26. The minimum atomic E-state index is -0.426. The maximum absolute atomic E-state index is 12.9. The van der Waals surface area contributed by atoms with Gasteiger partial charge in [-0.25, -0.2) is 4.98 Å². The lowest BCUT2D eigenvalue weighted by Gasteiger charge is -2.34. The largest absolute Gasteiger partial charge is 0.464 e. The Labute approximate surface area is 187 Å². The zero-order valence-electron chi connectivity index (χ0n) is 16.5. The molecule has 2 aromatic heterocycles. The van der Waals surface area contributed by atoms with E-state index in [1.165, 1.54) is 0 Å². The van der Waals surface area contributed by atoms with Crippen LogP contribution in [0, 0.1) is 0 Å². The molecule has 0 saturated carbocycles. The number of amides is 2. The summed E-state index contributed by atoms with van der Waals surface area (Å²) in [5, 5.41) is 14.7. The van der Waals surface area contributed by atoms with Gasteiger partial charge in [0.05, 0.1) is 5.56 Å². The zero-order valence-corrected chi connectivity index (χ0v) is 18.1. The average Bonchev–Trinajstić information content (AvgIpc) is 3.22. The smallest absolute Gasteiger partial charge is 0.296 e. The van der Waals surface area contributed by atoms with Crippen LogP contribution in [0.15, 0.2) is 42.6 Å². The first kappa shape index (κ1) is 21.0. The minimum Gasteiger partial charge on any atom is -0.464 e. The summed E-state index contributed by atoms with van der Waals surface area (Å²) in [6, 6.07) is 10.2. The van der Waals surface area contributed by atoms with E-state index >= 15 is 0 Å². The van der Waals surface area contributed by atoms with E-state index in [-0.39, 0.29) is 11.8 Å². The number of benzene rings is 1. The third-order valence-electron chi connectivity index (χ3n) is 4.70. The molecule has 0 bridgehead atoms. The second-order valence-corrected chi connectivity index (χ2v) is 8.15. The molecule has 0 radical (unpaired) electrons. The van der Waals surface area contributed by atoms with Crippen LogP contribution >= 0.6 is 22.9 Å². The summed E-state index contributed by atoms with van der Waals surface area (Å²) in [4.78, 5) is 31.1. The fourth-order valence-electron chi connectivity index (χ4n) is 3.08. The number of hydrogen-bond acceptors (Lipinski definition) is 8.